The van der Waals surface area contributed by atoms with Gasteiger partial charge >= 0.3 is 0 Å². The molecule has 0 aromatic heterocycles. The molecule has 1 nitrogen and oxygen atoms in total. The number of rotatable bonds is 2. The van der Waals surface area contributed by atoms with E-state index in [2.05, 4.69) is 0 Å². The van der Waals surface area contributed by atoms with Gasteiger partial charge in [0.15, 0.2) is 0 Å². The molecule has 0 bridgehead atoms. The van der Waals surface area contributed by atoms with E-state index in [1.165, 1.54) is 12.5 Å². The SMILES string of the molecule is Cc1cccc(F)c1C(N)C1CCC1. The van der Waals surface area contributed by atoms with Crippen molar-refractivity contribution in [3.63, 3.8) is 0 Å². The lowest BCUT2D eigenvalue weighted by atomic mass is 9.76. The lowest BCUT2D eigenvalue weighted by molar-refractivity contribution is 0.260. The van der Waals surface area contributed by atoms with Crippen molar-refractivity contribution in [1.82, 2.24) is 0 Å². The topological polar surface area (TPSA) is 26.0 Å². The molecular formula is C12H16FN. The third-order valence-electron chi connectivity index (χ3n) is 3.26. The third kappa shape index (κ3) is 1.55. The van der Waals surface area contributed by atoms with Gasteiger partial charge in [0.2, 0.25) is 0 Å². The van der Waals surface area contributed by atoms with Crippen molar-refractivity contribution >= 4 is 0 Å². The van der Waals surface area contributed by atoms with Crippen LogP contribution in [0.4, 0.5) is 4.39 Å². The second kappa shape index (κ2) is 3.70. The summed E-state index contributed by atoms with van der Waals surface area (Å²) in [6.45, 7) is 1.93. The molecule has 2 rings (SSSR count). The number of hydrogen-bond donors (Lipinski definition) is 1. The summed E-state index contributed by atoms with van der Waals surface area (Å²) in [4.78, 5) is 0. The quantitative estimate of drug-likeness (QED) is 0.767. The van der Waals surface area contributed by atoms with Gasteiger partial charge in [0, 0.05) is 11.6 Å². The lowest BCUT2D eigenvalue weighted by Gasteiger charge is -2.32. The second-order valence-corrected chi connectivity index (χ2v) is 4.19. The Morgan fingerprint density at radius 2 is 2.14 bits per heavy atom. The summed E-state index contributed by atoms with van der Waals surface area (Å²) in [6.07, 6.45) is 3.54. The number of hydrogen-bond acceptors (Lipinski definition) is 1. The molecule has 2 N–H and O–H groups in total. The van der Waals surface area contributed by atoms with Gasteiger partial charge in [-0.3, -0.25) is 0 Å². The Morgan fingerprint density at radius 3 is 2.64 bits per heavy atom. The Labute approximate surface area is 84.1 Å². The molecular weight excluding hydrogens is 177 g/mol. The molecule has 1 atom stereocenters. The Morgan fingerprint density at radius 1 is 1.43 bits per heavy atom. The first-order chi connectivity index (χ1) is 6.70. The van der Waals surface area contributed by atoms with Gasteiger partial charge in [-0.2, -0.15) is 0 Å². The summed E-state index contributed by atoms with van der Waals surface area (Å²) in [7, 11) is 0. The summed E-state index contributed by atoms with van der Waals surface area (Å²) in [5, 5.41) is 0. The van der Waals surface area contributed by atoms with Crippen LogP contribution in [0.3, 0.4) is 0 Å². The summed E-state index contributed by atoms with van der Waals surface area (Å²) in [5.74, 6) is 0.343. The van der Waals surface area contributed by atoms with Crippen molar-refractivity contribution < 1.29 is 4.39 Å². The summed E-state index contributed by atoms with van der Waals surface area (Å²) >= 11 is 0. The van der Waals surface area contributed by atoms with Crippen LogP contribution in [0.5, 0.6) is 0 Å². The van der Waals surface area contributed by atoms with E-state index in [0.717, 1.165) is 24.0 Å². The van der Waals surface area contributed by atoms with Crippen molar-refractivity contribution in [2.45, 2.75) is 32.2 Å². The molecule has 1 fully saturated rings. The van der Waals surface area contributed by atoms with Crippen LogP contribution < -0.4 is 5.73 Å². The van der Waals surface area contributed by atoms with Gasteiger partial charge in [-0.25, -0.2) is 4.39 Å². The van der Waals surface area contributed by atoms with Crippen LogP contribution in [-0.2, 0) is 0 Å². The maximum absolute atomic E-state index is 13.5. The fourth-order valence-corrected chi connectivity index (χ4v) is 2.10. The summed E-state index contributed by atoms with van der Waals surface area (Å²) in [6, 6.07) is 5.06. The Bertz CT molecular complexity index is 311. The van der Waals surface area contributed by atoms with E-state index >= 15 is 0 Å². The van der Waals surface area contributed by atoms with Crippen LogP contribution in [0.2, 0.25) is 0 Å². The van der Waals surface area contributed by atoms with E-state index in [1.54, 1.807) is 6.07 Å². The van der Waals surface area contributed by atoms with Gasteiger partial charge < -0.3 is 5.73 Å². The second-order valence-electron chi connectivity index (χ2n) is 4.19. The van der Waals surface area contributed by atoms with Crippen molar-refractivity contribution in [3.8, 4) is 0 Å². The van der Waals surface area contributed by atoms with Gasteiger partial charge in [0.05, 0.1) is 0 Å². The number of aryl methyl sites for hydroxylation is 1. The zero-order valence-corrected chi connectivity index (χ0v) is 8.46. The molecule has 0 spiro atoms. The first kappa shape index (κ1) is 9.66. The molecule has 0 radical (unpaired) electrons. The lowest BCUT2D eigenvalue weighted by Crippen LogP contribution is -2.28. The molecule has 0 heterocycles. The van der Waals surface area contributed by atoms with Crippen LogP contribution in [0.1, 0.15) is 36.4 Å². The Balaban J connectivity index is 2.29. The molecule has 0 saturated heterocycles. The van der Waals surface area contributed by atoms with Crippen molar-refractivity contribution in [2.24, 2.45) is 11.7 Å². The number of halogens is 1. The average molecular weight is 193 g/mol. The predicted molar refractivity (Wildman–Crippen MR) is 55.4 cm³/mol. The van der Waals surface area contributed by atoms with Crippen LogP contribution in [0.15, 0.2) is 18.2 Å². The predicted octanol–water partition coefficient (Wildman–Crippen LogP) is 2.93. The van der Waals surface area contributed by atoms with Crippen molar-refractivity contribution in [3.05, 3.63) is 35.1 Å². The van der Waals surface area contributed by atoms with E-state index in [1.807, 2.05) is 13.0 Å². The van der Waals surface area contributed by atoms with E-state index in [9.17, 15) is 4.39 Å². The minimum Gasteiger partial charge on any atom is -0.324 e. The zero-order chi connectivity index (χ0) is 10.1. The molecule has 1 aliphatic rings. The first-order valence-electron chi connectivity index (χ1n) is 5.20. The highest BCUT2D eigenvalue weighted by Crippen LogP contribution is 2.37. The van der Waals surface area contributed by atoms with Gasteiger partial charge in [-0.05, 0) is 37.3 Å². The zero-order valence-electron chi connectivity index (χ0n) is 8.46. The maximum Gasteiger partial charge on any atom is 0.128 e. The largest absolute Gasteiger partial charge is 0.324 e. The van der Waals surface area contributed by atoms with Gasteiger partial charge in [0.1, 0.15) is 5.82 Å². The van der Waals surface area contributed by atoms with E-state index in [-0.39, 0.29) is 11.9 Å². The van der Waals surface area contributed by atoms with Crippen molar-refractivity contribution in [1.29, 1.82) is 0 Å². The minimum absolute atomic E-state index is 0.107. The highest BCUT2D eigenvalue weighted by Gasteiger charge is 2.28. The van der Waals surface area contributed by atoms with Gasteiger partial charge in [-0.15, -0.1) is 0 Å². The Kier molecular flexibility index (Phi) is 2.55. The van der Waals surface area contributed by atoms with Crippen LogP contribution in [-0.4, -0.2) is 0 Å². The molecule has 1 aromatic carbocycles. The van der Waals surface area contributed by atoms with Crippen molar-refractivity contribution in [2.75, 3.05) is 0 Å². The minimum atomic E-state index is -0.149. The molecule has 0 aliphatic heterocycles. The average Bonchev–Trinajstić information content (AvgIpc) is 2.00. The van der Waals surface area contributed by atoms with Gasteiger partial charge in [-0.1, -0.05) is 18.6 Å². The molecule has 2 heteroatoms. The highest BCUT2D eigenvalue weighted by molar-refractivity contribution is 5.30. The summed E-state index contributed by atoms with van der Waals surface area (Å²) in [5.41, 5.74) is 7.76. The van der Waals surface area contributed by atoms with E-state index < -0.39 is 0 Å². The fraction of sp³-hybridized carbons (Fsp3) is 0.500. The van der Waals surface area contributed by atoms with Crippen LogP contribution in [0, 0.1) is 18.7 Å². The number of nitrogens with two attached hydrogens (primary N) is 1. The van der Waals surface area contributed by atoms with E-state index in [4.69, 9.17) is 5.73 Å². The summed E-state index contributed by atoms with van der Waals surface area (Å²) < 4.78 is 13.5. The molecule has 1 saturated carbocycles. The van der Waals surface area contributed by atoms with Gasteiger partial charge in [0.25, 0.3) is 0 Å². The molecule has 0 amide bonds. The molecule has 14 heavy (non-hydrogen) atoms. The Hall–Kier alpha value is -0.890. The molecule has 76 valence electrons. The third-order valence-corrected chi connectivity index (χ3v) is 3.26. The number of benzene rings is 1. The molecule has 1 aliphatic carbocycles. The van der Waals surface area contributed by atoms with Crippen LogP contribution >= 0.6 is 0 Å². The van der Waals surface area contributed by atoms with E-state index in [0.29, 0.717) is 5.92 Å². The fourth-order valence-electron chi connectivity index (χ4n) is 2.10. The van der Waals surface area contributed by atoms with Crippen LogP contribution in [0.25, 0.3) is 0 Å². The standard InChI is InChI=1S/C12H16FN/c1-8-4-2-7-10(13)11(8)12(14)9-5-3-6-9/h2,4,7,9,12H,3,5-6,14H2,1H3. The monoisotopic (exact) mass is 193 g/mol. The normalized spacial score (nSPS) is 19.1. The first-order valence-corrected chi connectivity index (χ1v) is 5.20. The smallest absolute Gasteiger partial charge is 0.128 e. The highest BCUT2D eigenvalue weighted by atomic mass is 19.1. The molecule has 1 aromatic rings. The molecule has 1 unspecified atom stereocenters. The maximum atomic E-state index is 13.5.